The highest BCUT2D eigenvalue weighted by atomic mass is 28.4. The zero-order valence-electron chi connectivity index (χ0n) is 27.3. The van der Waals surface area contributed by atoms with Crippen molar-refractivity contribution in [3.8, 4) is 11.9 Å². The van der Waals surface area contributed by atoms with Gasteiger partial charge in [0.15, 0.2) is 27.8 Å². The number of rotatable bonds is 12. The van der Waals surface area contributed by atoms with Gasteiger partial charge in [0.05, 0.1) is 31.5 Å². The minimum atomic E-state index is -2.08. The fourth-order valence-electron chi connectivity index (χ4n) is 3.98. The molecule has 0 saturated carbocycles. The number of ether oxygens (including phenoxy) is 2. The van der Waals surface area contributed by atoms with Gasteiger partial charge >= 0.3 is 0 Å². The summed E-state index contributed by atoms with van der Waals surface area (Å²) in [6.45, 7) is 28.3. The summed E-state index contributed by atoms with van der Waals surface area (Å²) in [4.78, 5) is 14.0. The molecule has 0 bridgehead atoms. The quantitative estimate of drug-likeness (QED) is 0.204. The minimum absolute atomic E-state index is 0.0670. The molecule has 1 N–H and O–H groups in total. The molecule has 3 rings (SSSR count). The predicted octanol–water partition coefficient (Wildman–Crippen LogP) is 6.89. The number of aromatic nitrogens is 4. The Hall–Kier alpha value is -2.05. The number of imidazole rings is 1. The van der Waals surface area contributed by atoms with E-state index in [-0.39, 0.29) is 41.5 Å². The van der Waals surface area contributed by atoms with Crippen molar-refractivity contribution in [3.05, 3.63) is 6.33 Å². The van der Waals surface area contributed by atoms with Crippen LogP contribution in [0.15, 0.2) is 6.33 Å². The van der Waals surface area contributed by atoms with Crippen LogP contribution in [0.3, 0.4) is 0 Å². The highest BCUT2D eigenvalue weighted by molar-refractivity contribution is 6.74. The number of fused-ring (bicyclic) bond motifs is 1. The molecule has 1 aliphatic heterocycles. The summed E-state index contributed by atoms with van der Waals surface area (Å²) < 4.78 is 28.2. The van der Waals surface area contributed by atoms with E-state index < -0.39 is 16.6 Å². The van der Waals surface area contributed by atoms with Gasteiger partial charge in [-0.25, -0.2) is 4.98 Å². The lowest BCUT2D eigenvalue weighted by atomic mass is 10.2. The Bertz CT molecular complexity index is 1210. The van der Waals surface area contributed by atoms with E-state index in [1.165, 1.54) is 0 Å². The maximum absolute atomic E-state index is 9.00. The van der Waals surface area contributed by atoms with E-state index in [4.69, 9.17) is 28.6 Å². The molecule has 0 radical (unpaired) electrons. The molecule has 12 heteroatoms. The maximum Gasteiger partial charge on any atom is 0.247 e. The van der Waals surface area contributed by atoms with Gasteiger partial charge in [-0.05, 0) is 42.2 Å². The number of hydrogen-bond donors (Lipinski definition) is 1. The zero-order chi connectivity index (χ0) is 30.8. The standard InChI is InChI=1S/C29H52N6O4Si2/c1-20(2)17-31-27-33-25-24(26(34-27)36-15-13-14-30)32-19-35(25)23-16-21(39-41(11,12)29(6,7)8)22(38-23)18-37-40(9,10)28(3,4)5/h19-23H,13,15-18H2,1-12H3,(H,31,33,34)/t21-,22+,23+/m0/s1. The van der Waals surface area contributed by atoms with Crippen LogP contribution in [0.25, 0.3) is 11.2 Å². The molecule has 0 unspecified atom stereocenters. The van der Waals surface area contributed by atoms with Gasteiger partial charge in [0.2, 0.25) is 11.8 Å². The van der Waals surface area contributed by atoms with E-state index in [2.05, 4.69) is 103 Å². The average molecular weight is 605 g/mol. The van der Waals surface area contributed by atoms with Crippen molar-refractivity contribution in [1.29, 1.82) is 5.26 Å². The Balaban J connectivity index is 1.97. The summed E-state index contributed by atoms with van der Waals surface area (Å²) in [7, 11) is -4.07. The van der Waals surface area contributed by atoms with Gasteiger partial charge in [-0.3, -0.25) is 4.57 Å². The third-order valence-electron chi connectivity index (χ3n) is 8.67. The first-order chi connectivity index (χ1) is 18.9. The summed E-state index contributed by atoms with van der Waals surface area (Å²) in [5.41, 5.74) is 1.17. The van der Waals surface area contributed by atoms with Crippen molar-refractivity contribution in [3.63, 3.8) is 0 Å². The molecule has 2 aromatic heterocycles. The Kier molecular flexibility index (Phi) is 10.3. The third-order valence-corrected chi connectivity index (χ3v) is 17.7. The van der Waals surface area contributed by atoms with E-state index in [1.807, 2.05) is 4.57 Å². The smallest absolute Gasteiger partial charge is 0.247 e. The number of nitrogens with one attached hydrogen (secondary N) is 1. The maximum atomic E-state index is 9.00. The predicted molar refractivity (Wildman–Crippen MR) is 168 cm³/mol. The Morgan fingerprint density at radius 1 is 1.10 bits per heavy atom. The van der Waals surface area contributed by atoms with Crippen LogP contribution < -0.4 is 10.1 Å². The highest BCUT2D eigenvalue weighted by Crippen LogP contribution is 2.43. The molecule has 0 spiro atoms. The second-order valence-corrected chi connectivity index (χ2v) is 24.1. The van der Waals surface area contributed by atoms with Gasteiger partial charge in [0, 0.05) is 13.0 Å². The molecule has 3 heterocycles. The van der Waals surface area contributed by atoms with Gasteiger partial charge in [-0.2, -0.15) is 15.2 Å². The molecule has 41 heavy (non-hydrogen) atoms. The van der Waals surface area contributed by atoms with Crippen LogP contribution in [-0.4, -0.2) is 68.1 Å². The van der Waals surface area contributed by atoms with Crippen LogP contribution in [-0.2, 0) is 13.6 Å². The van der Waals surface area contributed by atoms with Crippen molar-refractivity contribution >= 4 is 33.7 Å². The Labute approximate surface area is 248 Å². The van der Waals surface area contributed by atoms with E-state index >= 15 is 0 Å². The third kappa shape index (κ3) is 8.07. The van der Waals surface area contributed by atoms with E-state index in [9.17, 15) is 0 Å². The van der Waals surface area contributed by atoms with Crippen molar-refractivity contribution < 1.29 is 18.3 Å². The number of hydrogen-bond acceptors (Lipinski definition) is 9. The van der Waals surface area contributed by atoms with E-state index in [1.54, 1.807) is 6.33 Å². The lowest BCUT2D eigenvalue weighted by Gasteiger charge is -2.40. The van der Waals surface area contributed by atoms with E-state index in [0.717, 1.165) is 0 Å². The van der Waals surface area contributed by atoms with Crippen LogP contribution in [0.2, 0.25) is 36.3 Å². The Morgan fingerprint density at radius 3 is 2.34 bits per heavy atom. The fourth-order valence-corrected chi connectivity index (χ4v) is 6.35. The van der Waals surface area contributed by atoms with Crippen LogP contribution >= 0.6 is 0 Å². The van der Waals surface area contributed by atoms with Gasteiger partial charge < -0.3 is 23.6 Å². The average Bonchev–Trinajstić information content (AvgIpc) is 3.43. The Morgan fingerprint density at radius 2 is 1.76 bits per heavy atom. The van der Waals surface area contributed by atoms with Crippen molar-refractivity contribution in [2.45, 2.75) is 123 Å². The molecule has 0 amide bonds. The second-order valence-electron chi connectivity index (χ2n) is 14.6. The molecule has 0 aliphatic carbocycles. The van der Waals surface area contributed by atoms with Crippen molar-refractivity contribution in [2.75, 3.05) is 25.1 Å². The van der Waals surface area contributed by atoms with Gasteiger partial charge in [-0.1, -0.05) is 55.4 Å². The summed E-state index contributed by atoms with van der Waals surface area (Å²) in [6.07, 6.45) is 2.00. The molecule has 1 aliphatic rings. The number of nitriles is 1. The molecule has 10 nitrogen and oxygen atoms in total. The summed E-state index contributed by atoms with van der Waals surface area (Å²) in [5.74, 6) is 1.24. The fraction of sp³-hybridized carbons (Fsp3) is 0.793. The normalized spacial score (nSPS) is 20.5. The lowest BCUT2D eigenvalue weighted by molar-refractivity contribution is -0.0383. The lowest BCUT2D eigenvalue weighted by Crippen LogP contribution is -2.48. The molecule has 0 aromatic carbocycles. The molecule has 230 valence electrons. The second kappa shape index (κ2) is 12.7. The first kappa shape index (κ1) is 33.5. The summed E-state index contributed by atoms with van der Waals surface area (Å²) in [6, 6.07) is 2.11. The molecule has 1 saturated heterocycles. The topological polar surface area (TPSA) is 116 Å². The molecule has 1 fully saturated rings. The van der Waals surface area contributed by atoms with Crippen LogP contribution in [0.1, 0.15) is 74.5 Å². The first-order valence-electron chi connectivity index (χ1n) is 14.8. The van der Waals surface area contributed by atoms with Crippen LogP contribution in [0, 0.1) is 17.2 Å². The largest absolute Gasteiger partial charge is 0.475 e. The van der Waals surface area contributed by atoms with Crippen molar-refractivity contribution in [1.82, 2.24) is 19.5 Å². The monoisotopic (exact) mass is 604 g/mol. The molecular formula is C29H52N6O4Si2. The molecular weight excluding hydrogens is 553 g/mol. The SMILES string of the molecule is CC(C)CNc1nc(OCCC#N)c2ncn([C@H]3C[C@H](O[Si](C)(C)C(C)(C)C)[C@@H](CO[Si](C)(C)C(C)(C)C)O3)c2n1. The molecule has 2 aromatic rings. The van der Waals surface area contributed by atoms with Gasteiger partial charge in [0.1, 0.15) is 18.9 Å². The summed E-state index contributed by atoms with van der Waals surface area (Å²) in [5, 5.41) is 12.5. The molecule has 3 atom stereocenters. The number of anilines is 1. The van der Waals surface area contributed by atoms with Crippen LogP contribution in [0.5, 0.6) is 5.88 Å². The minimum Gasteiger partial charge on any atom is -0.475 e. The number of nitrogens with zero attached hydrogens (tertiary/aromatic N) is 5. The van der Waals surface area contributed by atoms with Crippen molar-refractivity contribution in [2.24, 2.45) is 5.92 Å². The first-order valence-corrected chi connectivity index (χ1v) is 20.6. The highest BCUT2D eigenvalue weighted by Gasteiger charge is 2.47. The van der Waals surface area contributed by atoms with Gasteiger partial charge in [0.25, 0.3) is 0 Å². The van der Waals surface area contributed by atoms with Crippen LogP contribution in [0.4, 0.5) is 5.95 Å². The zero-order valence-corrected chi connectivity index (χ0v) is 29.3. The van der Waals surface area contributed by atoms with E-state index in [0.29, 0.717) is 48.5 Å². The van der Waals surface area contributed by atoms with Gasteiger partial charge in [-0.15, -0.1) is 0 Å². The summed E-state index contributed by atoms with van der Waals surface area (Å²) >= 11 is 0.